The van der Waals surface area contributed by atoms with Crippen molar-refractivity contribution in [2.24, 2.45) is 5.92 Å². The van der Waals surface area contributed by atoms with Crippen molar-refractivity contribution in [2.45, 2.75) is 63.3 Å². The third kappa shape index (κ3) is 5.43. The van der Waals surface area contributed by atoms with Gasteiger partial charge in [-0.1, -0.05) is 75.1 Å². The zero-order chi connectivity index (χ0) is 19.1. The fraction of sp³-hybridized carbons (Fsp3) is 0.478. The number of nitrogens with zero attached hydrogens (tertiary/aromatic N) is 1. The Kier molecular flexibility index (Phi) is 7.08. The Balaban J connectivity index is 1.84. The molecule has 0 heterocycles. The second kappa shape index (κ2) is 9.52. The molecule has 2 aromatic rings. The maximum atomic E-state index is 13.4. The van der Waals surface area contributed by atoms with Crippen molar-refractivity contribution in [2.75, 3.05) is 6.54 Å². The SMILES string of the molecule is CCCc1ccc(S(=O)(=O)N(Cc2ccccc2)CC2CCCCC2)cc1. The standard InChI is InChI=1S/C23H31NO2S/c1-2-9-20-14-16-23(17-15-20)27(25,26)24(18-21-10-5-3-6-11-21)19-22-12-7-4-8-13-22/h3,5-6,10-11,14-17,22H,2,4,7-9,12-13,18-19H2,1H3. The molecule has 1 aliphatic carbocycles. The quantitative estimate of drug-likeness (QED) is 0.609. The van der Waals surface area contributed by atoms with Crippen molar-refractivity contribution < 1.29 is 8.42 Å². The number of sulfonamides is 1. The van der Waals surface area contributed by atoms with Gasteiger partial charge in [0.25, 0.3) is 0 Å². The lowest BCUT2D eigenvalue weighted by molar-refractivity contribution is 0.275. The summed E-state index contributed by atoms with van der Waals surface area (Å²) in [6.07, 6.45) is 8.03. The van der Waals surface area contributed by atoms with Gasteiger partial charge in [0.2, 0.25) is 10.0 Å². The number of hydrogen-bond acceptors (Lipinski definition) is 2. The van der Waals surface area contributed by atoms with Gasteiger partial charge in [0.15, 0.2) is 0 Å². The van der Waals surface area contributed by atoms with Crippen LogP contribution in [0.1, 0.15) is 56.6 Å². The highest BCUT2D eigenvalue weighted by Gasteiger charge is 2.28. The molecule has 4 heteroatoms. The minimum absolute atomic E-state index is 0.411. The first-order valence-corrected chi connectivity index (χ1v) is 11.7. The summed E-state index contributed by atoms with van der Waals surface area (Å²) >= 11 is 0. The molecule has 0 bridgehead atoms. The van der Waals surface area contributed by atoms with E-state index in [-0.39, 0.29) is 0 Å². The van der Waals surface area contributed by atoms with E-state index in [2.05, 4.69) is 6.92 Å². The first-order valence-electron chi connectivity index (χ1n) is 10.2. The predicted molar refractivity (Wildman–Crippen MR) is 111 cm³/mol. The normalized spacial score (nSPS) is 15.9. The van der Waals surface area contributed by atoms with Crippen molar-refractivity contribution in [1.29, 1.82) is 0 Å². The van der Waals surface area contributed by atoms with Crippen LogP contribution < -0.4 is 0 Å². The van der Waals surface area contributed by atoms with Gasteiger partial charge < -0.3 is 0 Å². The Morgan fingerprint density at radius 3 is 2.19 bits per heavy atom. The van der Waals surface area contributed by atoms with E-state index in [1.807, 2.05) is 42.5 Å². The van der Waals surface area contributed by atoms with E-state index >= 15 is 0 Å². The van der Waals surface area contributed by atoms with Gasteiger partial charge in [0.1, 0.15) is 0 Å². The van der Waals surface area contributed by atoms with E-state index in [0.29, 0.717) is 23.9 Å². The Morgan fingerprint density at radius 1 is 0.889 bits per heavy atom. The molecule has 2 aromatic carbocycles. The second-order valence-corrected chi connectivity index (χ2v) is 9.62. The Hall–Kier alpha value is -1.65. The van der Waals surface area contributed by atoms with Gasteiger partial charge in [0, 0.05) is 13.1 Å². The van der Waals surface area contributed by atoms with Gasteiger partial charge in [0.05, 0.1) is 4.90 Å². The van der Waals surface area contributed by atoms with Crippen LogP contribution in [0, 0.1) is 5.92 Å². The number of rotatable bonds is 8. The summed E-state index contributed by atoms with van der Waals surface area (Å²) in [5.74, 6) is 0.469. The third-order valence-corrected chi connectivity index (χ3v) is 7.31. The lowest BCUT2D eigenvalue weighted by Crippen LogP contribution is -2.35. The van der Waals surface area contributed by atoms with Gasteiger partial charge in [-0.25, -0.2) is 8.42 Å². The molecule has 1 saturated carbocycles. The molecule has 0 spiro atoms. The molecule has 3 rings (SSSR count). The van der Waals surface area contributed by atoms with Crippen LogP contribution in [0.5, 0.6) is 0 Å². The summed E-state index contributed by atoms with van der Waals surface area (Å²) in [6, 6.07) is 17.4. The van der Waals surface area contributed by atoms with Crippen molar-refractivity contribution in [3.63, 3.8) is 0 Å². The lowest BCUT2D eigenvalue weighted by atomic mass is 9.89. The van der Waals surface area contributed by atoms with Crippen molar-refractivity contribution in [3.8, 4) is 0 Å². The monoisotopic (exact) mass is 385 g/mol. The topological polar surface area (TPSA) is 37.4 Å². The van der Waals surface area contributed by atoms with E-state index < -0.39 is 10.0 Å². The van der Waals surface area contributed by atoms with E-state index in [4.69, 9.17) is 0 Å². The average Bonchev–Trinajstić information content (AvgIpc) is 2.70. The molecule has 1 fully saturated rings. The van der Waals surface area contributed by atoms with Gasteiger partial charge in [-0.15, -0.1) is 0 Å². The molecule has 146 valence electrons. The van der Waals surface area contributed by atoms with Crippen molar-refractivity contribution in [3.05, 3.63) is 65.7 Å². The second-order valence-electron chi connectivity index (χ2n) is 7.68. The first kappa shape index (κ1) is 20.1. The minimum atomic E-state index is -3.50. The maximum Gasteiger partial charge on any atom is 0.243 e. The van der Waals surface area contributed by atoms with Crippen molar-refractivity contribution >= 4 is 10.0 Å². The smallest absolute Gasteiger partial charge is 0.207 e. The molecule has 0 atom stereocenters. The summed E-state index contributed by atoms with van der Waals surface area (Å²) in [5, 5.41) is 0. The predicted octanol–water partition coefficient (Wildman–Crippen LogP) is 5.41. The van der Waals surface area contributed by atoms with E-state index in [1.54, 1.807) is 16.4 Å². The largest absolute Gasteiger partial charge is 0.243 e. The van der Waals surface area contributed by atoms with Gasteiger partial charge in [-0.3, -0.25) is 0 Å². The van der Waals surface area contributed by atoms with Crippen LogP contribution in [0.15, 0.2) is 59.5 Å². The highest BCUT2D eigenvalue weighted by molar-refractivity contribution is 7.89. The molecule has 0 unspecified atom stereocenters. The molecule has 27 heavy (non-hydrogen) atoms. The van der Waals surface area contributed by atoms with E-state index in [0.717, 1.165) is 31.2 Å². The van der Waals surface area contributed by atoms with Crippen LogP contribution in [0.2, 0.25) is 0 Å². The summed E-state index contributed by atoms with van der Waals surface area (Å²) in [4.78, 5) is 0.411. The number of hydrogen-bond donors (Lipinski definition) is 0. The highest BCUT2D eigenvalue weighted by atomic mass is 32.2. The highest BCUT2D eigenvalue weighted by Crippen LogP contribution is 2.28. The molecule has 0 radical (unpaired) electrons. The van der Waals surface area contributed by atoms with E-state index in [9.17, 15) is 8.42 Å². The Bertz CT molecular complexity index is 794. The molecular weight excluding hydrogens is 354 g/mol. The molecule has 0 N–H and O–H groups in total. The van der Waals surface area contributed by atoms with Gasteiger partial charge in [-0.2, -0.15) is 4.31 Å². The van der Waals surface area contributed by atoms with Crippen molar-refractivity contribution in [1.82, 2.24) is 4.31 Å². The summed E-state index contributed by atoms with van der Waals surface area (Å²) in [7, 11) is -3.50. The van der Waals surface area contributed by atoms with Gasteiger partial charge in [-0.05, 0) is 48.4 Å². The van der Waals surface area contributed by atoms with Crippen LogP contribution in [-0.4, -0.2) is 19.3 Å². The number of aryl methyl sites for hydroxylation is 1. The summed E-state index contributed by atoms with van der Waals surface area (Å²) < 4.78 is 28.5. The molecule has 0 amide bonds. The van der Waals surface area contributed by atoms with E-state index in [1.165, 1.54) is 24.8 Å². The Labute approximate surface area is 164 Å². The number of benzene rings is 2. The summed E-state index contributed by atoms with van der Waals surface area (Å²) in [6.45, 7) is 3.20. The zero-order valence-electron chi connectivity index (χ0n) is 16.3. The third-order valence-electron chi connectivity index (χ3n) is 5.49. The first-order chi connectivity index (χ1) is 13.1. The molecular formula is C23H31NO2S. The molecule has 0 aliphatic heterocycles. The fourth-order valence-corrected chi connectivity index (χ4v) is 5.46. The van der Waals surface area contributed by atoms with Crippen LogP contribution in [-0.2, 0) is 23.0 Å². The van der Waals surface area contributed by atoms with Crippen LogP contribution in [0.25, 0.3) is 0 Å². The molecule has 3 nitrogen and oxygen atoms in total. The molecule has 0 saturated heterocycles. The maximum absolute atomic E-state index is 13.4. The zero-order valence-corrected chi connectivity index (χ0v) is 17.1. The minimum Gasteiger partial charge on any atom is -0.207 e. The Morgan fingerprint density at radius 2 is 1.56 bits per heavy atom. The summed E-state index contributed by atoms with van der Waals surface area (Å²) in [5.41, 5.74) is 2.23. The molecule has 0 aromatic heterocycles. The fourth-order valence-electron chi connectivity index (χ4n) is 3.96. The van der Waals surface area contributed by atoms with Crippen LogP contribution >= 0.6 is 0 Å². The van der Waals surface area contributed by atoms with Gasteiger partial charge >= 0.3 is 0 Å². The van der Waals surface area contributed by atoms with Crippen LogP contribution in [0.3, 0.4) is 0 Å². The molecule has 1 aliphatic rings. The average molecular weight is 386 g/mol. The lowest BCUT2D eigenvalue weighted by Gasteiger charge is -2.29. The van der Waals surface area contributed by atoms with Crippen LogP contribution in [0.4, 0.5) is 0 Å².